The van der Waals surface area contributed by atoms with Gasteiger partial charge in [0.05, 0.1) is 0 Å². The van der Waals surface area contributed by atoms with Crippen molar-refractivity contribution in [2.24, 2.45) is 0 Å². The van der Waals surface area contributed by atoms with Crippen LogP contribution in [-0.4, -0.2) is 11.9 Å². The van der Waals surface area contributed by atoms with E-state index in [2.05, 4.69) is 5.32 Å². The normalized spacial score (nSPS) is 12.4. The summed E-state index contributed by atoms with van der Waals surface area (Å²) in [5.74, 6) is 1.81. The molecule has 92 valence electrons. The first-order valence-corrected chi connectivity index (χ1v) is 5.73. The number of hydrogen-bond donors (Lipinski definition) is 2. The van der Waals surface area contributed by atoms with E-state index in [-0.39, 0.29) is 12.5 Å². The van der Waals surface area contributed by atoms with Crippen molar-refractivity contribution in [3.63, 3.8) is 0 Å². The molecule has 0 amide bonds. The van der Waals surface area contributed by atoms with E-state index < -0.39 is 0 Å². The van der Waals surface area contributed by atoms with Crippen LogP contribution < -0.4 is 14.8 Å². The number of fused-ring (bicyclic) bond motifs is 1. The number of aromatic hydroxyl groups is 1. The van der Waals surface area contributed by atoms with Crippen molar-refractivity contribution in [3.05, 3.63) is 48.0 Å². The average molecular weight is 243 g/mol. The van der Waals surface area contributed by atoms with E-state index in [1.54, 1.807) is 12.1 Å². The molecule has 0 saturated carbocycles. The second kappa shape index (κ2) is 4.49. The number of hydrogen-bond acceptors (Lipinski definition) is 4. The lowest BCUT2D eigenvalue weighted by atomic mass is 10.2. The largest absolute Gasteiger partial charge is 0.508 e. The molecular formula is C14H13NO3. The van der Waals surface area contributed by atoms with Crippen LogP contribution in [0.25, 0.3) is 0 Å². The SMILES string of the molecule is Oc1cccc(CNc2ccc3c(c2)OCO3)c1. The fourth-order valence-corrected chi connectivity index (χ4v) is 1.88. The van der Waals surface area contributed by atoms with Gasteiger partial charge in [0.15, 0.2) is 11.5 Å². The molecule has 0 radical (unpaired) electrons. The molecule has 0 bridgehead atoms. The highest BCUT2D eigenvalue weighted by molar-refractivity contribution is 5.55. The number of phenols is 1. The van der Waals surface area contributed by atoms with Crippen molar-refractivity contribution in [2.45, 2.75) is 6.54 Å². The lowest BCUT2D eigenvalue weighted by Gasteiger charge is -2.07. The van der Waals surface area contributed by atoms with Crippen LogP contribution in [0.2, 0.25) is 0 Å². The van der Waals surface area contributed by atoms with Crippen molar-refractivity contribution in [1.82, 2.24) is 0 Å². The van der Waals surface area contributed by atoms with Gasteiger partial charge in [0.2, 0.25) is 6.79 Å². The van der Waals surface area contributed by atoms with Crippen LogP contribution in [0.1, 0.15) is 5.56 Å². The Morgan fingerprint density at radius 1 is 1.06 bits per heavy atom. The number of benzene rings is 2. The monoisotopic (exact) mass is 243 g/mol. The molecule has 2 N–H and O–H groups in total. The van der Waals surface area contributed by atoms with E-state index in [0.29, 0.717) is 6.54 Å². The summed E-state index contributed by atoms with van der Waals surface area (Å²) in [5, 5.41) is 12.6. The third-order valence-corrected chi connectivity index (χ3v) is 2.78. The van der Waals surface area contributed by atoms with Gasteiger partial charge in [-0.25, -0.2) is 0 Å². The molecule has 4 nitrogen and oxygen atoms in total. The summed E-state index contributed by atoms with van der Waals surface area (Å²) in [5.41, 5.74) is 1.98. The van der Waals surface area contributed by atoms with E-state index >= 15 is 0 Å². The van der Waals surface area contributed by atoms with Gasteiger partial charge in [-0.3, -0.25) is 0 Å². The second-order valence-electron chi connectivity index (χ2n) is 4.09. The van der Waals surface area contributed by atoms with E-state index in [1.807, 2.05) is 30.3 Å². The molecule has 1 aliphatic heterocycles. The van der Waals surface area contributed by atoms with Crippen LogP contribution in [0.3, 0.4) is 0 Å². The van der Waals surface area contributed by atoms with E-state index in [4.69, 9.17) is 9.47 Å². The maximum absolute atomic E-state index is 9.37. The lowest BCUT2D eigenvalue weighted by Crippen LogP contribution is -1.98. The summed E-state index contributed by atoms with van der Waals surface area (Å²) in [6.45, 7) is 0.930. The zero-order chi connectivity index (χ0) is 12.4. The second-order valence-corrected chi connectivity index (χ2v) is 4.09. The van der Waals surface area contributed by atoms with Gasteiger partial charge in [-0.1, -0.05) is 12.1 Å². The minimum absolute atomic E-state index is 0.278. The Balaban J connectivity index is 1.70. The van der Waals surface area contributed by atoms with Gasteiger partial charge in [-0.15, -0.1) is 0 Å². The number of phenolic OH excluding ortho intramolecular Hbond substituents is 1. The Morgan fingerprint density at radius 3 is 2.83 bits per heavy atom. The number of anilines is 1. The average Bonchev–Trinajstić information content (AvgIpc) is 2.84. The molecule has 0 unspecified atom stereocenters. The van der Waals surface area contributed by atoms with Crippen molar-refractivity contribution in [2.75, 3.05) is 12.1 Å². The van der Waals surface area contributed by atoms with Crippen LogP contribution in [0.4, 0.5) is 5.69 Å². The zero-order valence-electron chi connectivity index (χ0n) is 9.72. The maximum Gasteiger partial charge on any atom is 0.231 e. The Labute approximate surface area is 105 Å². The maximum atomic E-state index is 9.37. The van der Waals surface area contributed by atoms with E-state index in [1.165, 1.54) is 0 Å². The quantitative estimate of drug-likeness (QED) is 0.870. The summed E-state index contributed by atoms with van der Waals surface area (Å²) in [7, 11) is 0. The highest BCUT2D eigenvalue weighted by Crippen LogP contribution is 2.34. The van der Waals surface area contributed by atoms with Gasteiger partial charge in [-0.2, -0.15) is 0 Å². The third-order valence-electron chi connectivity index (χ3n) is 2.78. The Morgan fingerprint density at radius 2 is 1.94 bits per heavy atom. The van der Waals surface area contributed by atoms with Crippen LogP contribution in [-0.2, 0) is 6.54 Å². The molecule has 1 heterocycles. The molecule has 0 fully saturated rings. The highest BCUT2D eigenvalue weighted by atomic mass is 16.7. The molecule has 0 aromatic heterocycles. The summed E-state index contributed by atoms with van der Waals surface area (Å²) in [4.78, 5) is 0. The predicted molar refractivity (Wildman–Crippen MR) is 68.0 cm³/mol. The number of nitrogens with one attached hydrogen (secondary N) is 1. The Kier molecular flexibility index (Phi) is 2.68. The molecule has 4 heteroatoms. The molecule has 0 saturated heterocycles. The summed E-state index contributed by atoms with van der Waals surface area (Å²) < 4.78 is 10.6. The van der Waals surface area contributed by atoms with Crippen LogP contribution >= 0.6 is 0 Å². The van der Waals surface area contributed by atoms with Gasteiger partial charge in [0, 0.05) is 18.3 Å². The topological polar surface area (TPSA) is 50.7 Å². The van der Waals surface area contributed by atoms with Crippen molar-refractivity contribution < 1.29 is 14.6 Å². The molecular weight excluding hydrogens is 230 g/mol. The highest BCUT2D eigenvalue weighted by Gasteiger charge is 2.12. The molecule has 1 aliphatic rings. The van der Waals surface area contributed by atoms with Crippen molar-refractivity contribution in [3.8, 4) is 17.2 Å². The molecule has 3 rings (SSSR count). The predicted octanol–water partition coefficient (Wildman–Crippen LogP) is 2.73. The summed E-state index contributed by atoms with van der Waals surface area (Å²) in [6, 6.07) is 12.9. The van der Waals surface area contributed by atoms with Crippen LogP contribution in [0.15, 0.2) is 42.5 Å². The summed E-state index contributed by atoms with van der Waals surface area (Å²) >= 11 is 0. The zero-order valence-corrected chi connectivity index (χ0v) is 9.72. The van der Waals surface area contributed by atoms with Gasteiger partial charge < -0.3 is 19.9 Å². The molecule has 2 aromatic rings. The van der Waals surface area contributed by atoms with E-state index in [9.17, 15) is 5.11 Å². The fourth-order valence-electron chi connectivity index (χ4n) is 1.88. The van der Waals surface area contributed by atoms with Crippen LogP contribution in [0.5, 0.6) is 17.2 Å². The first-order chi connectivity index (χ1) is 8.81. The minimum atomic E-state index is 0.278. The van der Waals surface area contributed by atoms with Crippen molar-refractivity contribution in [1.29, 1.82) is 0 Å². The molecule has 0 aliphatic carbocycles. The first kappa shape index (κ1) is 10.8. The minimum Gasteiger partial charge on any atom is -0.508 e. The summed E-state index contributed by atoms with van der Waals surface area (Å²) in [6.07, 6.45) is 0. The van der Waals surface area contributed by atoms with Gasteiger partial charge in [0.25, 0.3) is 0 Å². The molecule has 18 heavy (non-hydrogen) atoms. The van der Waals surface area contributed by atoms with Crippen molar-refractivity contribution >= 4 is 5.69 Å². The standard InChI is InChI=1S/C14H13NO3/c16-12-3-1-2-10(6-12)8-15-11-4-5-13-14(7-11)18-9-17-13/h1-7,15-16H,8-9H2. The van der Waals surface area contributed by atoms with E-state index in [0.717, 1.165) is 22.7 Å². The lowest BCUT2D eigenvalue weighted by molar-refractivity contribution is 0.174. The Bertz CT molecular complexity index is 569. The van der Waals surface area contributed by atoms with Gasteiger partial charge in [-0.05, 0) is 29.8 Å². The first-order valence-electron chi connectivity index (χ1n) is 5.73. The van der Waals surface area contributed by atoms with Crippen LogP contribution in [0, 0.1) is 0 Å². The number of ether oxygens (including phenoxy) is 2. The Hall–Kier alpha value is -2.36. The van der Waals surface area contributed by atoms with Gasteiger partial charge in [0.1, 0.15) is 5.75 Å². The molecule has 2 aromatic carbocycles. The smallest absolute Gasteiger partial charge is 0.231 e. The third kappa shape index (κ3) is 2.18. The number of rotatable bonds is 3. The fraction of sp³-hybridized carbons (Fsp3) is 0.143. The van der Waals surface area contributed by atoms with Gasteiger partial charge >= 0.3 is 0 Å². The molecule has 0 spiro atoms. The molecule has 0 atom stereocenters.